The van der Waals surface area contributed by atoms with Gasteiger partial charge in [0.25, 0.3) is 0 Å². The van der Waals surface area contributed by atoms with E-state index >= 15 is 0 Å². The highest BCUT2D eigenvalue weighted by atomic mass is 32.2. The highest BCUT2D eigenvalue weighted by Gasteiger charge is 2.33. The minimum absolute atomic E-state index is 0.0970. The molecule has 3 rings (SSSR count). The van der Waals surface area contributed by atoms with Crippen LogP contribution in [0.3, 0.4) is 0 Å². The largest absolute Gasteiger partial charge is 0.416 e. The van der Waals surface area contributed by atoms with E-state index in [-0.39, 0.29) is 11.6 Å². The van der Waals surface area contributed by atoms with Crippen LogP contribution in [0.15, 0.2) is 59.6 Å². The predicted molar refractivity (Wildman–Crippen MR) is 97.6 cm³/mol. The first-order valence-electron chi connectivity index (χ1n) is 7.89. The maximum atomic E-state index is 12.8. The van der Waals surface area contributed by atoms with E-state index in [1.54, 1.807) is 30.3 Å². The Hall–Kier alpha value is -2.81. The van der Waals surface area contributed by atoms with Crippen molar-refractivity contribution in [3.63, 3.8) is 0 Å². The number of rotatable bonds is 3. The van der Waals surface area contributed by atoms with Crippen molar-refractivity contribution in [2.45, 2.75) is 17.8 Å². The number of hydrogen-bond donors (Lipinski definition) is 2. The molecule has 140 valence electrons. The topological polar surface area (TPSA) is 70.6 Å². The summed E-state index contributed by atoms with van der Waals surface area (Å²) in [5.41, 5.74) is 0.175. The van der Waals surface area contributed by atoms with Gasteiger partial charge in [0.05, 0.1) is 10.8 Å². The lowest BCUT2D eigenvalue weighted by Gasteiger charge is -2.10. The zero-order valence-electron chi connectivity index (χ0n) is 13.8. The zero-order valence-corrected chi connectivity index (χ0v) is 14.6. The lowest BCUT2D eigenvalue weighted by atomic mass is 10.1. The van der Waals surface area contributed by atoms with E-state index in [2.05, 4.69) is 15.6 Å². The summed E-state index contributed by atoms with van der Waals surface area (Å²) in [4.78, 5) is 27.7. The van der Waals surface area contributed by atoms with Crippen molar-refractivity contribution in [1.82, 2.24) is 5.32 Å². The van der Waals surface area contributed by atoms with Gasteiger partial charge in [-0.15, -0.1) is 0 Å². The molecule has 0 radical (unpaired) electrons. The van der Waals surface area contributed by atoms with Gasteiger partial charge in [0, 0.05) is 5.69 Å². The lowest BCUT2D eigenvalue weighted by Crippen LogP contribution is -2.26. The predicted octanol–water partition coefficient (Wildman–Crippen LogP) is 4.07. The zero-order chi connectivity index (χ0) is 19.4. The van der Waals surface area contributed by atoms with Gasteiger partial charge in [-0.2, -0.15) is 18.2 Å². The molecule has 2 aromatic carbocycles. The number of carbonyl (C=O) groups excluding carboxylic acids is 2. The molecule has 1 aliphatic rings. The normalized spacial score (nSPS) is 18.4. The van der Waals surface area contributed by atoms with Gasteiger partial charge < -0.3 is 10.6 Å². The average molecular weight is 393 g/mol. The molecule has 5 nitrogen and oxygen atoms in total. The van der Waals surface area contributed by atoms with Gasteiger partial charge in [-0.25, -0.2) is 4.79 Å². The van der Waals surface area contributed by atoms with Crippen molar-refractivity contribution in [3.8, 4) is 0 Å². The van der Waals surface area contributed by atoms with Crippen LogP contribution in [-0.4, -0.2) is 22.4 Å². The molecule has 2 aromatic rings. The van der Waals surface area contributed by atoms with E-state index in [1.807, 2.05) is 0 Å². The van der Waals surface area contributed by atoms with Gasteiger partial charge in [0.2, 0.25) is 5.91 Å². The minimum atomic E-state index is -4.44. The molecule has 9 heteroatoms. The third-order valence-corrected chi connectivity index (χ3v) is 4.76. The number of thioether (sulfide) groups is 1. The molecule has 1 unspecified atom stereocenters. The molecule has 0 aliphatic carbocycles. The number of carbonyl (C=O) groups is 2. The molecule has 1 atom stereocenters. The molecule has 0 bridgehead atoms. The van der Waals surface area contributed by atoms with Crippen molar-refractivity contribution < 1.29 is 22.8 Å². The number of urea groups is 1. The third kappa shape index (κ3) is 5.10. The van der Waals surface area contributed by atoms with Gasteiger partial charge >= 0.3 is 12.2 Å². The van der Waals surface area contributed by atoms with E-state index in [0.29, 0.717) is 11.3 Å². The van der Waals surface area contributed by atoms with Crippen LogP contribution in [0.25, 0.3) is 0 Å². The highest BCUT2D eigenvalue weighted by molar-refractivity contribution is 8.15. The Balaban J connectivity index is 1.64. The van der Waals surface area contributed by atoms with Crippen LogP contribution < -0.4 is 10.6 Å². The highest BCUT2D eigenvalue weighted by Crippen LogP contribution is 2.31. The molecule has 0 saturated carbocycles. The molecule has 1 heterocycles. The summed E-state index contributed by atoms with van der Waals surface area (Å²) in [6.07, 6.45) is -4.34. The fourth-order valence-corrected chi connectivity index (χ4v) is 3.45. The number of aliphatic imine (C=N–C) groups is 1. The second kappa shape index (κ2) is 7.83. The van der Waals surface area contributed by atoms with E-state index in [4.69, 9.17) is 0 Å². The summed E-state index contributed by atoms with van der Waals surface area (Å²) >= 11 is 1.01. The van der Waals surface area contributed by atoms with Crippen LogP contribution in [0.4, 0.5) is 23.7 Å². The second-order valence-electron chi connectivity index (χ2n) is 5.71. The number of benzene rings is 2. The standard InChI is InChI=1S/C18H14F3N3O2S/c19-18(20,21)12-6-4-5-11(9-12)10-14-15(25)23-17(27-14)24-16(26)22-13-7-2-1-3-8-13/h1-9,14H,10H2,(H2,22,23,24,25,26). The average Bonchev–Trinajstić information content (AvgIpc) is 2.94. The van der Waals surface area contributed by atoms with Gasteiger partial charge in [0.1, 0.15) is 0 Å². The van der Waals surface area contributed by atoms with Crippen molar-refractivity contribution in [2.24, 2.45) is 4.99 Å². The number of halogens is 3. The first kappa shape index (κ1) is 19.0. The van der Waals surface area contributed by atoms with Crippen LogP contribution in [0, 0.1) is 0 Å². The van der Waals surface area contributed by atoms with Gasteiger partial charge in [0.15, 0.2) is 5.17 Å². The SMILES string of the molecule is O=C(N=C1NC(=O)C(Cc2cccc(C(F)(F)F)c2)S1)Nc1ccccc1. The number of hydrogen-bond acceptors (Lipinski definition) is 3. The summed E-state index contributed by atoms with van der Waals surface area (Å²) in [5.74, 6) is -0.399. The fraction of sp³-hybridized carbons (Fsp3) is 0.167. The van der Waals surface area contributed by atoms with Crippen LogP contribution in [-0.2, 0) is 17.4 Å². The Morgan fingerprint density at radius 1 is 1.15 bits per heavy atom. The van der Waals surface area contributed by atoms with E-state index < -0.39 is 28.9 Å². The molecular formula is C18H14F3N3O2S. The second-order valence-corrected chi connectivity index (χ2v) is 6.90. The summed E-state index contributed by atoms with van der Waals surface area (Å²) in [6.45, 7) is 0. The summed E-state index contributed by atoms with van der Waals surface area (Å²) in [6, 6.07) is 12.9. The van der Waals surface area contributed by atoms with Crippen molar-refractivity contribution >= 4 is 34.6 Å². The molecule has 3 amide bonds. The van der Waals surface area contributed by atoms with Gasteiger partial charge in [-0.3, -0.25) is 4.79 Å². The van der Waals surface area contributed by atoms with E-state index in [1.165, 1.54) is 12.1 Å². The molecule has 1 fully saturated rings. The fourth-order valence-electron chi connectivity index (χ4n) is 2.45. The maximum Gasteiger partial charge on any atom is 0.416 e. The summed E-state index contributed by atoms with van der Waals surface area (Å²) in [7, 11) is 0. The van der Waals surface area contributed by atoms with Crippen LogP contribution in [0.2, 0.25) is 0 Å². The molecule has 1 aliphatic heterocycles. The first-order chi connectivity index (χ1) is 12.8. The molecular weight excluding hydrogens is 379 g/mol. The molecule has 0 aromatic heterocycles. The summed E-state index contributed by atoms with van der Waals surface area (Å²) < 4.78 is 38.4. The smallest absolute Gasteiger partial charge is 0.306 e. The Morgan fingerprint density at radius 3 is 2.59 bits per heavy atom. The number of nitrogens with one attached hydrogen (secondary N) is 2. The quantitative estimate of drug-likeness (QED) is 0.826. The van der Waals surface area contributed by atoms with Crippen LogP contribution in [0.1, 0.15) is 11.1 Å². The van der Waals surface area contributed by atoms with Crippen molar-refractivity contribution in [1.29, 1.82) is 0 Å². The third-order valence-electron chi connectivity index (χ3n) is 3.68. The summed E-state index contributed by atoms with van der Waals surface area (Å²) in [5, 5.41) is 4.49. The number of amidine groups is 1. The Bertz CT molecular complexity index is 885. The van der Waals surface area contributed by atoms with Crippen molar-refractivity contribution in [3.05, 3.63) is 65.7 Å². The van der Waals surface area contributed by atoms with Crippen LogP contribution in [0.5, 0.6) is 0 Å². The number of anilines is 1. The Labute approximate surface area is 157 Å². The number of alkyl halides is 3. The number of nitrogens with zero attached hydrogens (tertiary/aromatic N) is 1. The molecule has 1 saturated heterocycles. The molecule has 2 N–H and O–H groups in total. The lowest BCUT2D eigenvalue weighted by molar-refractivity contribution is -0.137. The van der Waals surface area contributed by atoms with Crippen LogP contribution >= 0.6 is 11.8 Å². The number of amides is 3. The van der Waals surface area contributed by atoms with Crippen molar-refractivity contribution in [2.75, 3.05) is 5.32 Å². The van der Waals surface area contributed by atoms with Gasteiger partial charge in [-0.1, -0.05) is 48.2 Å². The van der Waals surface area contributed by atoms with Gasteiger partial charge in [-0.05, 0) is 30.2 Å². The number of para-hydroxylation sites is 1. The molecule has 0 spiro atoms. The first-order valence-corrected chi connectivity index (χ1v) is 8.77. The molecule has 27 heavy (non-hydrogen) atoms. The Morgan fingerprint density at radius 2 is 1.89 bits per heavy atom. The maximum absolute atomic E-state index is 12.8. The Kier molecular flexibility index (Phi) is 5.50. The van der Waals surface area contributed by atoms with E-state index in [0.717, 1.165) is 23.9 Å². The minimum Gasteiger partial charge on any atom is -0.306 e. The van der Waals surface area contributed by atoms with E-state index in [9.17, 15) is 22.8 Å². The monoisotopic (exact) mass is 393 g/mol.